The second-order valence-corrected chi connectivity index (χ2v) is 4.97. The highest BCUT2D eigenvalue weighted by molar-refractivity contribution is 5.58. The molecule has 0 bridgehead atoms. The minimum atomic E-state index is 0.612. The lowest BCUT2D eigenvalue weighted by Gasteiger charge is -2.27. The molecule has 1 aromatic heterocycles. The van der Waals surface area contributed by atoms with Gasteiger partial charge in [-0.3, -0.25) is 0 Å². The highest BCUT2D eigenvalue weighted by Gasteiger charge is 2.23. The van der Waals surface area contributed by atoms with E-state index in [1.165, 1.54) is 25.7 Å². The first kappa shape index (κ1) is 13.1. The lowest BCUT2D eigenvalue weighted by atomic mass is 10.1. The highest BCUT2D eigenvalue weighted by Crippen LogP contribution is 2.30. The van der Waals surface area contributed by atoms with Crippen LogP contribution in [0.5, 0.6) is 0 Å². The summed E-state index contributed by atoms with van der Waals surface area (Å²) in [5, 5.41) is 0. The number of nitrogens with two attached hydrogens (primary N) is 1. The van der Waals surface area contributed by atoms with Crippen LogP contribution in [0.2, 0.25) is 0 Å². The molecule has 0 aliphatic heterocycles. The standard InChI is InChI=1S/C13H23N5/c1-3-6-11-12(17-14)15-9-16-13(11)18(2)10-7-4-5-8-10/h9-10H,3-8,14H2,1-2H3,(H,15,16,17). The quantitative estimate of drug-likeness (QED) is 0.618. The Morgan fingerprint density at radius 1 is 1.39 bits per heavy atom. The van der Waals surface area contributed by atoms with Crippen molar-refractivity contribution in [3.05, 3.63) is 11.9 Å². The molecule has 0 atom stereocenters. The third kappa shape index (κ3) is 2.56. The van der Waals surface area contributed by atoms with Crippen LogP contribution in [0.1, 0.15) is 44.6 Å². The van der Waals surface area contributed by atoms with E-state index < -0.39 is 0 Å². The van der Waals surface area contributed by atoms with Crippen molar-refractivity contribution in [3.8, 4) is 0 Å². The van der Waals surface area contributed by atoms with Gasteiger partial charge in [-0.15, -0.1) is 0 Å². The van der Waals surface area contributed by atoms with Crippen molar-refractivity contribution in [3.63, 3.8) is 0 Å². The molecule has 1 heterocycles. The van der Waals surface area contributed by atoms with E-state index in [4.69, 9.17) is 5.84 Å². The predicted octanol–water partition coefficient (Wildman–Crippen LogP) is 2.09. The normalized spacial score (nSPS) is 15.9. The Bertz CT molecular complexity index is 387. The van der Waals surface area contributed by atoms with E-state index in [0.717, 1.165) is 30.0 Å². The second kappa shape index (κ2) is 6.00. The molecule has 3 N–H and O–H groups in total. The maximum Gasteiger partial charge on any atom is 0.148 e. The molecule has 1 aromatic rings. The molecule has 1 saturated carbocycles. The van der Waals surface area contributed by atoms with Crippen LogP contribution in [0.25, 0.3) is 0 Å². The van der Waals surface area contributed by atoms with Crippen molar-refractivity contribution in [2.75, 3.05) is 17.4 Å². The Labute approximate surface area is 109 Å². The van der Waals surface area contributed by atoms with Gasteiger partial charge in [0, 0.05) is 18.7 Å². The Morgan fingerprint density at radius 3 is 2.72 bits per heavy atom. The Kier molecular flexibility index (Phi) is 4.36. The molecule has 0 spiro atoms. The molecule has 2 rings (SSSR count). The lowest BCUT2D eigenvalue weighted by molar-refractivity contribution is 0.641. The summed E-state index contributed by atoms with van der Waals surface area (Å²) < 4.78 is 0. The largest absolute Gasteiger partial charge is 0.356 e. The number of anilines is 2. The van der Waals surface area contributed by atoms with Crippen molar-refractivity contribution in [1.29, 1.82) is 0 Å². The molecule has 1 aliphatic rings. The van der Waals surface area contributed by atoms with Gasteiger partial charge in [-0.2, -0.15) is 0 Å². The van der Waals surface area contributed by atoms with Crippen molar-refractivity contribution >= 4 is 11.6 Å². The number of hydrazine groups is 1. The number of hydrogen-bond donors (Lipinski definition) is 2. The van der Waals surface area contributed by atoms with Crippen LogP contribution in [0.15, 0.2) is 6.33 Å². The number of aromatic nitrogens is 2. The van der Waals surface area contributed by atoms with E-state index in [1.54, 1.807) is 6.33 Å². The summed E-state index contributed by atoms with van der Waals surface area (Å²) in [6.07, 6.45) is 8.78. The smallest absolute Gasteiger partial charge is 0.148 e. The van der Waals surface area contributed by atoms with E-state index in [0.29, 0.717) is 6.04 Å². The van der Waals surface area contributed by atoms with Gasteiger partial charge in [0.15, 0.2) is 0 Å². The number of nitrogens with zero attached hydrogens (tertiary/aromatic N) is 3. The molecule has 0 amide bonds. The van der Waals surface area contributed by atoms with E-state index in [9.17, 15) is 0 Å². The topological polar surface area (TPSA) is 67.1 Å². The summed E-state index contributed by atoms with van der Waals surface area (Å²) in [4.78, 5) is 11.0. The van der Waals surface area contributed by atoms with Crippen LogP contribution in [-0.2, 0) is 6.42 Å². The molecule has 18 heavy (non-hydrogen) atoms. The van der Waals surface area contributed by atoms with Crippen molar-refractivity contribution < 1.29 is 0 Å². The Hall–Kier alpha value is -1.36. The van der Waals surface area contributed by atoms with Crippen LogP contribution in [-0.4, -0.2) is 23.1 Å². The summed E-state index contributed by atoms with van der Waals surface area (Å²) in [5.74, 6) is 7.33. The van der Waals surface area contributed by atoms with Gasteiger partial charge in [-0.25, -0.2) is 15.8 Å². The van der Waals surface area contributed by atoms with Crippen molar-refractivity contribution in [1.82, 2.24) is 9.97 Å². The maximum atomic E-state index is 5.54. The van der Waals surface area contributed by atoms with Gasteiger partial charge in [0.25, 0.3) is 0 Å². The van der Waals surface area contributed by atoms with E-state index >= 15 is 0 Å². The van der Waals surface area contributed by atoms with E-state index in [-0.39, 0.29) is 0 Å². The monoisotopic (exact) mass is 249 g/mol. The Morgan fingerprint density at radius 2 is 2.11 bits per heavy atom. The van der Waals surface area contributed by atoms with Gasteiger partial charge < -0.3 is 10.3 Å². The second-order valence-electron chi connectivity index (χ2n) is 4.97. The Balaban J connectivity index is 2.29. The fraction of sp³-hybridized carbons (Fsp3) is 0.692. The van der Waals surface area contributed by atoms with Crippen LogP contribution < -0.4 is 16.2 Å². The number of nitrogen functional groups attached to an aromatic ring is 1. The number of rotatable bonds is 5. The summed E-state index contributed by atoms with van der Waals surface area (Å²) in [7, 11) is 2.14. The summed E-state index contributed by atoms with van der Waals surface area (Å²) in [5.41, 5.74) is 3.82. The first-order chi connectivity index (χ1) is 8.77. The predicted molar refractivity (Wildman–Crippen MR) is 74.5 cm³/mol. The molecule has 0 aromatic carbocycles. The van der Waals surface area contributed by atoms with Gasteiger partial charge in [-0.05, 0) is 19.3 Å². The van der Waals surface area contributed by atoms with Crippen LogP contribution in [0.4, 0.5) is 11.6 Å². The van der Waals surface area contributed by atoms with E-state index in [1.807, 2.05) is 0 Å². The summed E-state index contributed by atoms with van der Waals surface area (Å²) in [6.45, 7) is 2.16. The lowest BCUT2D eigenvalue weighted by Crippen LogP contribution is -2.31. The number of hydrogen-bond acceptors (Lipinski definition) is 5. The van der Waals surface area contributed by atoms with E-state index in [2.05, 4.69) is 34.3 Å². The highest BCUT2D eigenvalue weighted by atomic mass is 15.3. The fourth-order valence-corrected chi connectivity index (χ4v) is 2.78. The molecule has 5 nitrogen and oxygen atoms in total. The average molecular weight is 249 g/mol. The zero-order valence-corrected chi connectivity index (χ0v) is 11.3. The number of nitrogens with one attached hydrogen (secondary N) is 1. The van der Waals surface area contributed by atoms with Crippen molar-refractivity contribution in [2.24, 2.45) is 5.84 Å². The molecule has 0 radical (unpaired) electrons. The van der Waals surface area contributed by atoms with Crippen LogP contribution >= 0.6 is 0 Å². The first-order valence-corrected chi connectivity index (χ1v) is 6.81. The summed E-state index contributed by atoms with van der Waals surface area (Å²) >= 11 is 0. The molecule has 0 saturated heterocycles. The molecular formula is C13H23N5. The van der Waals surface area contributed by atoms with Gasteiger partial charge in [0.05, 0.1) is 0 Å². The minimum Gasteiger partial charge on any atom is -0.356 e. The fourth-order valence-electron chi connectivity index (χ4n) is 2.78. The van der Waals surface area contributed by atoms with Crippen LogP contribution in [0, 0.1) is 0 Å². The molecule has 1 fully saturated rings. The average Bonchev–Trinajstić information content (AvgIpc) is 2.92. The van der Waals surface area contributed by atoms with Gasteiger partial charge >= 0.3 is 0 Å². The van der Waals surface area contributed by atoms with Gasteiger partial charge in [0.1, 0.15) is 18.0 Å². The van der Waals surface area contributed by atoms with Gasteiger partial charge in [-0.1, -0.05) is 26.2 Å². The zero-order valence-electron chi connectivity index (χ0n) is 11.3. The SMILES string of the molecule is CCCc1c(NN)ncnc1N(C)C1CCCC1. The van der Waals surface area contributed by atoms with Gasteiger partial charge in [0.2, 0.25) is 0 Å². The first-order valence-electron chi connectivity index (χ1n) is 6.81. The zero-order chi connectivity index (χ0) is 13.0. The minimum absolute atomic E-state index is 0.612. The molecule has 0 unspecified atom stereocenters. The molecule has 5 heteroatoms. The van der Waals surface area contributed by atoms with Crippen LogP contribution in [0.3, 0.4) is 0 Å². The molecule has 100 valence electrons. The maximum absolute atomic E-state index is 5.54. The van der Waals surface area contributed by atoms with Crippen molar-refractivity contribution in [2.45, 2.75) is 51.5 Å². The third-order valence-corrected chi connectivity index (χ3v) is 3.77. The summed E-state index contributed by atoms with van der Waals surface area (Å²) in [6, 6.07) is 0.612. The molecular weight excluding hydrogens is 226 g/mol. The third-order valence-electron chi connectivity index (χ3n) is 3.77. The molecule has 1 aliphatic carbocycles.